The third kappa shape index (κ3) is 7.66. The van der Waals surface area contributed by atoms with Crippen molar-refractivity contribution >= 4 is 16.0 Å². The average molecular weight is 279 g/mol. The molecule has 108 valence electrons. The van der Waals surface area contributed by atoms with Crippen LogP contribution in [0.25, 0.3) is 0 Å². The summed E-state index contributed by atoms with van der Waals surface area (Å²) in [6, 6.07) is 0. The lowest BCUT2D eigenvalue weighted by Crippen LogP contribution is -2.35. The lowest BCUT2D eigenvalue weighted by Gasteiger charge is -2.27. The molecule has 0 aromatic heterocycles. The number of hydrogen-bond acceptors (Lipinski definition) is 4. The topological polar surface area (TPSA) is 72.5 Å². The largest absolute Gasteiger partial charge is 0.469 e. The molecule has 0 rings (SSSR count). The third-order valence-electron chi connectivity index (χ3n) is 3.11. The van der Waals surface area contributed by atoms with Gasteiger partial charge in [0.1, 0.15) is 0 Å². The molecule has 0 amide bonds. The molecule has 0 fully saturated rings. The molecule has 0 saturated heterocycles. The van der Waals surface area contributed by atoms with Crippen molar-refractivity contribution in [1.29, 1.82) is 0 Å². The molecule has 0 aliphatic heterocycles. The first-order valence-electron chi connectivity index (χ1n) is 6.12. The number of carbonyl (C=O) groups excluding carboxylic acids is 1. The van der Waals surface area contributed by atoms with Gasteiger partial charge in [-0.3, -0.25) is 4.79 Å². The fourth-order valence-corrected chi connectivity index (χ4v) is 2.31. The summed E-state index contributed by atoms with van der Waals surface area (Å²) < 4.78 is 30.4. The third-order valence-corrected chi connectivity index (χ3v) is 4.54. The fourth-order valence-electron chi connectivity index (χ4n) is 1.14. The maximum atomic E-state index is 11.7. The van der Waals surface area contributed by atoms with E-state index >= 15 is 0 Å². The van der Waals surface area contributed by atoms with Crippen LogP contribution in [0.2, 0.25) is 0 Å². The van der Waals surface area contributed by atoms with E-state index in [2.05, 4.69) is 30.2 Å². The number of ether oxygens (including phenoxy) is 1. The van der Waals surface area contributed by atoms with Gasteiger partial charge in [-0.15, -0.1) is 0 Å². The number of methoxy groups -OCH3 is 1. The van der Waals surface area contributed by atoms with Gasteiger partial charge >= 0.3 is 5.97 Å². The van der Waals surface area contributed by atoms with Gasteiger partial charge in [0.15, 0.2) is 0 Å². The van der Waals surface area contributed by atoms with Crippen LogP contribution in [-0.4, -0.2) is 33.8 Å². The lowest BCUT2D eigenvalue weighted by atomic mass is 9.82. The molecular weight excluding hydrogens is 254 g/mol. The van der Waals surface area contributed by atoms with Crippen molar-refractivity contribution in [2.75, 3.05) is 19.4 Å². The number of nitrogens with one attached hydrogen (secondary N) is 1. The van der Waals surface area contributed by atoms with Crippen LogP contribution in [0.15, 0.2) is 0 Å². The van der Waals surface area contributed by atoms with Gasteiger partial charge < -0.3 is 4.74 Å². The number of sulfonamides is 1. The Kier molecular flexibility index (Phi) is 6.84. The van der Waals surface area contributed by atoms with Crippen LogP contribution in [0.4, 0.5) is 0 Å². The first-order valence-corrected chi connectivity index (χ1v) is 7.78. The van der Waals surface area contributed by atoms with E-state index in [1.165, 1.54) is 7.11 Å². The van der Waals surface area contributed by atoms with E-state index in [-0.39, 0.29) is 35.9 Å². The molecule has 1 unspecified atom stereocenters. The number of carbonyl (C=O) groups is 1. The van der Waals surface area contributed by atoms with Crippen LogP contribution in [0.3, 0.4) is 0 Å². The van der Waals surface area contributed by atoms with Crippen molar-refractivity contribution in [2.45, 2.75) is 40.5 Å². The summed E-state index contributed by atoms with van der Waals surface area (Å²) in [5.74, 6) is -0.181. The minimum atomic E-state index is -3.30. The van der Waals surface area contributed by atoms with Crippen molar-refractivity contribution in [3.63, 3.8) is 0 Å². The summed E-state index contributed by atoms with van der Waals surface area (Å²) in [5.41, 5.74) is 0.0640. The molecule has 0 spiro atoms. The van der Waals surface area contributed by atoms with Crippen LogP contribution in [0, 0.1) is 11.3 Å². The SMILES string of the molecule is COC(=O)CCCS(=O)(=O)NCC(C)C(C)(C)C. The minimum Gasteiger partial charge on any atom is -0.469 e. The zero-order chi connectivity index (χ0) is 14.4. The zero-order valence-electron chi connectivity index (χ0n) is 11.9. The molecule has 0 aliphatic carbocycles. The van der Waals surface area contributed by atoms with Crippen molar-refractivity contribution in [1.82, 2.24) is 4.72 Å². The maximum absolute atomic E-state index is 11.7. The van der Waals surface area contributed by atoms with Crippen LogP contribution in [-0.2, 0) is 19.6 Å². The second kappa shape index (κ2) is 7.09. The molecule has 0 radical (unpaired) electrons. The Balaban J connectivity index is 4.06. The molecule has 1 N–H and O–H groups in total. The first kappa shape index (κ1) is 17.4. The average Bonchev–Trinajstić information content (AvgIpc) is 2.24. The van der Waals surface area contributed by atoms with E-state index < -0.39 is 10.0 Å². The van der Waals surface area contributed by atoms with Gasteiger partial charge in [-0.25, -0.2) is 13.1 Å². The number of hydrogen-bond donors (Lipinski definition) is 1. The van der Waals surface area contributed by atoms with E-state index in [9.17, 15) is 13.2 Å². The van der Waals surface area contributed by atoms with Gasteiger partial charge in [-0.2, -0.15) is 0 Å². The highest BCUT2D eigenvalue weighted by molar-refractivity contribution is 7.89. The van der Waals surface area contributed by atoms with Crippen LogP contribution in [0.5, 0.6) is 0 Å². The molecule has 0 saturated carbocycles. The summed E-state index contributed by atoms with van der Waals surface area (Å²) in [4.78, 5) is 10.9. The molecule has 0 aromatic carbocycles. The molecule has 0 heterocycles. The standard InChI is InChI=1S/C12H25NO4S/c1-10(12(2,3)4)9-13-18(15,16)8-6-7-11(14)17-5/h10,13H,6-9H2,1-5H3. The normalized spacial score (nSPS) is 14.3. The molecule has 6 heteroatoms. The van der Waals surface area contributed by atoms with Crippen molar-refractivity contribution < 1.29 is 17.9 Å². The van der Waals surface area contributed by atoms with Crippen LogP contribution < -0.4 is 4.72 Å². The predicted octanol–water partition coefficient (Wildman–Crippen LogP) is 1.54. The first-order chi connectivity index (χ1) is 8.08. The molecular formula is C12H25NO4S. The summed E-state index contributed by atoms with van der Waals surface area (Å²) in [6.07, 6.45) is 0.415. The summed E-state index contributed by atoms with van der Waals surface area (Å²) in [6.45, 7) is 8.65. The minimum absolute atomic E-state index is 0.0427. The second-order valence-corrected chi connectivity index (χ2v) is 7.54. The van der Waals surface area contributed by atoms with Crippen molar-refractivity contribution in [2.24, 2.45) is 11.3 Å². The highest BCUT2D eigenvalue weighted by atomic mass is 32.2. The Labute approximate surface area is 110 Å². The van der Waals surface area contributed by atoms with E-state index in [0.29, 0.717) is 6.54 Å². The monoisotopic (exact) mass is 279 g/mol. The molecule has 18 heavy (non-hydrogen) atoms. The van der Waals surface area contributed by atoms with E-state index in [4.69, 9.17) is 0 Å². The summed E-state index contributed by atoms with van der Waals surface area (Å²) in [5, 5.41) is 0. The van der Waals surface area contributed by atoms with E-state index in [0.717, 1.165) is 0 Å². The van der Waals surface area contributed by atoms with Crippen LogP contribution in [0.1, 0.15) is 40.5 Å². The fraction of sp³-hybridized carbons (Fsp3) is 0.917. The zero-order valence-corrected chi connectivity index (χ0v) is 12.8. The smallest absolute Gasteiger partial charge is 0.305 e. The highest BCUT2D eigenvalue weighted by Gasteiger charge is 2.21. The molecule has 1 atom stereocenters. The molecule has 5 nitrogen and oxygen atoms in total. The Morgan fingerprint density at radius 3 is 2.33 bits per heavy atom. The van der Waals surface area contributed by atoms with E-state index in [1.54, 1.807) is 0 Å². The van der Waals surface area contributed by atoms with Gasteiger partial charge in [0.05, 0.1) is 12.9 Å². The Morgan fingerprint density at radius 2 is 1.89 bits per heavy atom. The number of rotatable bonds is 7. The van der Waals surface area contributed by atoms with Crippen molar-refractivity contribution in [3.05, 3.63) is 0 Å². The molecule has 0 bridgehead atoms. The predicted molar refractivity (Wildman–Crippen MR) is 71.7 cm³/mol. The molecule has 0 aromatic rings. The lowest BCUT2D eigenvalue weighted by molar-refractivity contribution is -0.140. The summed E-state index contributed by atoms with van der Waals surface area (Å²) >= 11 is 0. The number of esters is 1. The van der Waals surface area contributed by atoms with E-state index in [1.807, 2.05) is 6.92 Å². The summed E-state index contributed by atoms with van der Waals surface area (Å²) in [7, 11) is -2.01. The Hall–Kier alpha value is -0.620. The highest BCUT2D eigenvalue weighted by Crippen LogP contribution is 2.24. The Bertz CT molecular complexity index is 357. The molecule has 0 aliphatic rings. The quantitative estimate of drug-likeness (QED) is 0.718. The van der Waals surface area contributed by atoms with Gasteiger partial charge in [-0.1, -0.05) is 27.7 Å². The van der Waals surface area contributed by atoms with Gasteiger partial charge in [0.2, 0.25) is 10.0 Å². The van der Waals surface area contributed by atoms with Gasteiger partial charge in [0, 0.05) is 13.0 Å². The van der Waals surface area contributed by atoms with Gasteiger partial charge in [0.25, 0.3) is 0 Å². The van der Waals surface area contributed by atoms with Crippen LogP contribution >= 0.6 is 0 Å². The maximum Gasteiger partial charge on any atom is 0.305 e. The second-order valence-electron chi connectivity index (χ2n) is 5.61. The Morgan fingerprint density at radius 1 is 1.33 bits per heavy atom. The van der Waals surface area contributed by atoms with Crippen molar-refractivity contribution in [3.8, 4) is 0 Å². The van der Waals surface area contributed by atoms with Gasteiger partial charge in [-0.05, 0) is 17.8 Å².